The van der Waals surface area contributed by atoms with Crippen molar-refractivity contribution in [2.45, 2.75) is 31.7 Å². The number of hydrogen-bond donors (Lipinski definition) is 1. The maximum Gasteiger partial charge on any atom is 0.203 e. The van der Waals surface area contributed by atoms with E-state index >= 15 is 0 Å². The standard InChI is InChI=1S/C16H24O6/c1-18-13-9-11(10-14(19-2)16(13)20-3)12(17)5-6-15-21-7-4-8-22-15/h9-10,12,15,17H,4-8H2,1-3H3/t12-/m1/s1. The van der Waals surface area contributed by atoms with Gasteiger partial charge in [0.05, 0.1) is 40.6 Å². The van der Waals surface area contributed by atoms with Gasteiger partial charge in [-0.2, -0.15) is 0 Å². The van der Waals surface area contributed by atoms with Gasteiger partial charge in [-0.25, -0.2) is 0 Å². The third-order valence-electron chi connectivity index (χ3n) is 3.64. The van der Waals surface area contributed by atoms with Crippen LogP contribution in [0.4, 0.5) is 0 Å². The molecule has 0 aliphatic carbocycles. The highest BCUT2D eigenvalue weighted by Gasteiger charge is 2.20. The second-order valence-electron chi connectivity index (χ2n) is 5.08. The van der Waals surface area contributed by atoms with Crippen LogP contribution in [0.25, 0.3) is 0 Å². The third kappa shape index (κ3) is 4.03. The van der Waals surface area contributed by atoms with Crippen molar-refractivity contribution in [3.63, 3.8) is 0 Å². The van der Waals surface area contributed by atoms with Crippen LogP contribution in [-0.4, -0.2) is 45.9 Å². The molecule has 6 nitrogen and oxygen atoms in total. The Kier molecular flexibility index (Phi) is 6.30. The van der Waals surface area contributed by atoms with Gasteiger partial charge >= 0.3 is 0 Å². The highest BCUT2D eigenvalue weighted by molar-refractivity contribution is 5.54. The molecule has 1 aliphatic heterocycles. The molecule has 0 amide bonds. The van der Waals surface area contributed by atoms with E-state index < -0.39 is 6.10 Å². The van der Waals surface area contributed by atoms with Gasteiger partial charge in [0.2, 0.25) is 5.75 Å². The summed E-state index contributed by atoms with van der Waals surface area (Å²) in [4.78, 5) is 0. The third-order valence-corrected chi connectivity index (χ3v) is 3.64. The Labute approximate surface area is 130 Å². The molecule has 0 radical (unpaired) electrons. The number of methoxy groups -OCH3 is 3. The SMILES string of the molecule is COc1cc([C@H](O)CCC2OCCCO2)cc(OC)c1OC. The van der Waals surface area contributed by atoms with E-state index in [0.29, 0.717) is 48.9 Å². The lowest BCUT2D eigenvalue weighted by atomic mass is 10.0. The van der Waals surface area contributed by atoms with Gasteiger partial charge in [0.1, 0.15) is 0 Å². The summed E-state index contributed by atoms with van der Waals surface area (Å²) in [7, 11) is 4.66. The molecule has 1 saturated heterocycles. The van der Waals surface area contributed by atoms with E-state index in [1.165, 1.54) is 0 Å². The van der Waals surface area contributed by atoms with Crippen molar-refractivity contribution in [1.82, 2.24) is 0 Å². The summed E-state index contributed by atoms with van der Waals surface area (Å²) in [6, 6.07) is 3.52. The van der Waals surface area contributed by atoms with Crippen molar-refractivity contribution in [1.29, 1.82) is 0 Å². The van der Waals surface area contributed by atoms with Crippen LogP contribution in [0.2, 0.25) is 0 Å². The van der Waals surface area contributed by atoms with Crippen LogP contribution in [0.3, 0.4) is 0 Å². The number of aliphatic hydroxyl groups is 1. The molecule has 1 atom stereocenters. The molecule has 0 aromatic heterocycles. The minimum atomic E-state index is -0.650. The first kappa shape index (κ1) is 16.9. The van der Waals surface area contributed by atoms with Crippen molar-refractivity contribution in [3.05, 3.63) is 17.7 Å². The molecule has 0 bridgehead atoms. The van der Waals surface area contributed by atoms with E-state index in [1.54, 1.807) is 33.5 Å². The van der Waals surface area contributed by atoms with E-state index in [-0.39, 0.29) is 6.29 Å². The molecule has 22 heavy (non-hydrogen) atoms. The van der Waals surface area contributed by atoms with Gasteiger partial charge in [-0.3, -0.25) is 0 Å². The molecule has 2 rings (SSSR count). The molecular weight excluding hydrogens is 288 g/mol. The molecule has 1 aromatic carbocycles. The number of aliphatic hydroxyl groups excluding tert-OH is 1. The molecule has 1 aliphatic rings. The largest absolute Gasteiger partial charge is 0.493 e. The quantitative estimate of drug-likeness (QED) is 0.833. The summed E-state index contributed by atoms with van der Waals surface area (Å²) in [6.45, 7) is 1.43. The minimum absolute atomic E-state index is 0.231. The Morgan fingerprint density at radius 3 is 2.18 bits per heavy atom. The van der Waals surface area contributed by atoms with Crippen LogP contribution in [0.15, 0.2) is 12.1 Å². The average molecular weight is 312 g/mol. The summed E-state index contributed by atoms with van der Waals surface area (Å²) in [5.74, 6) is 1.57. The summed E-state index contributed by atoms with van der Waals surface area (Å²) in [6.07, 6.45) is 1.21. The molecule has 124 valence electrons. The predicted molar refractivity (Wildman–Crippen MR) is 80.6 cm³/mol. The van der Waals surface area contributed by atoms with Crippen molar-refractivity contribution in [2.24, 2.45) is 0 Å². The summed E-state index contributed by atoms with van der Waals surface area (Å²) < 4.78 is 26.8. The second-order valence-corrected chi connectivity index (χ2v) is 5.08. The molecule has 0 spiro atoms. The monoisotopic (exact) mass is 312 g/mol. The normalized spacial score (nSPS) is 17.1. The van der Waals surface area contributed by atoms with Gasteiger partial charge in [-0.05, 0) is 30.5 Å². The first-order valence-corrected chi connectivity index (χ1v) is 7.40. The second kappa shape index (κ2) is 8.22. The van der Waals surface area contributed by atoms with Gasteiger partial charge in [0.25, 0.3) is 0 Å². The molecule has 1 fully saturated rings. The number of ether oxygens (including phenoxy) is 5. The van der Waals surface area contributed by atoms with Crippen LogP contribution in [0.1, 0.15) is 30.9 Å². The van der Waals surface area contributed by atoms with Crippen LogP contribution in [-0.2, 0) is 9.47 Å². The Hall–Kier alpha value is -1.50. The fraction of sp³-hybridized carbons (Fsp3) is 0.625. The van der Waals surface area contributed by atoms with Crippen LogP contribution in [0, 0.1) is 0 Å². The van der Waals surface area contributed by atoms with Crippen LogP contribution < -0.4 is 14.2 Å². The van der Waals surface area contributed by atoms with Crippen LogP contribution >= 0.6 is 0 Å². The predicted octanol–water partition coefficient (Wildman–Crippen LogP) is 2.29. The Bertz CT molecular complexity index is 445. The molecule has 1 N–H and O–H groups in total. The maximum absolute atomic E-state index is 10.4. The van der Waals surface area contributed by atoms with E-state index in [1.807, 2.05) is 0 Å². The summed E-state index contributed by atoms with van der Waals surface area (Å²) in [5, 5.41) is 10.4. The summed E-state index contributed by atoms with van der Waals surface area (Å²) in [5.41, 5.74) is 0.713. The zero-order valence-electron chi connectivity index (χ0n) is 13.3. The fourth-order valence-electron chi connectivity index (χ4n) is 2.46. The Morgan fingerprint density at radius 1 is 1.09 bits per heavy atom. The first-order chi connectivity index (χ1) is 10.7. The van der Waals surface area contributed by atoms with Crippen molar-refractivity contribution >= 4 is 0 Å². The fourth-order valence-corrected chi connectivity index (χ4v) is 2.46. The van der Waals surface area contributed by atoms with Gasteiger partial charge in [-0.15, -0.1) is 0 Å². The molecule has 0 unspecified atom stereocenters. The minimum Gasteiger partial charge on any atom is -0.493 e. The van der Waals surface area contributed by atoms with E-state index in [4.69, 9.17) is 23.7 Å². The van der Waals surface area contributed by atoms with Crippen molar-refractivity contribution in [2.75, 3.05) is 34.5 Å². The molecule has 6 heteroatoms. The highest BCUT2D eigenvalue weighted by atomic mass is 16.7. The van der Waals surface area contributed by atoms with Crippen LogP contribution in [0.5, 0.6) is 17.2 Å². The van der Waals surface area contributed by atoms with Gasteiger partial charge in [-0.1, -0.05) is 0 Å². The molecule has 1 heterocycles. The van der Waals surface area contributed by atoms with Gasteiger partial charge in [0, 0.05) is 6.42 Å². The van der Waals surface area contributed by atoms with Gasteiger partial charge < -0.3 is 28.8 Å². The number of benzene rings is 1. The molecule has 0 saturated carbocycles. The van der Waals surface area contributed by atoms with Gasteiger partial charge in [0.15, 0.2) is 17.8 Å². The zero-order valence-corrected chi connectivity index (χ0v) is 13.3. The maximum atomic E-state index is 10.4. The lowest BCUT2D eigenvalue weighted by molar-refractivity contribution is -0.183. The topological polar surface area (TPSA) is 66.4 Å². The average Bonchev–Trinajstić information content (AvgIpc) is 2.59. The molecular formula is C16H24O6. The number of hydrogen-bond acceptors (Lipinski definition) is 6. The molecule has 1 aromatic rings. The lowest BCUT2D eigenvalue weighted by Crippen LogP contribution is -2.25. The lowest BCUT2D eigenvalue weighted by Gasteiger charge is -2.24. The highest BCUT2D eigenvalue weighted by Crippen LogP contribution is 2.40. The van der Waals surface area contributed by atoms with Crippen molar-refractivity contribution < 1.29 is 28.8 Å². The van der Waals surface area contributed by atoms with E-state index in [9.17, 15) is 5.11 Å². The van der Waals surface area contributed by atoms with Crippen molar-refractivity contribution in [3.8, 4) is 17.2 Å². The summed E-state index contributed by atoms with van der Waals surface area (Å²) >= 11 is 0. The Balaban J connectivity index is 2.06. The number of rotatable bonds is 7. The smallest absolute Gasteiger partial charge is 0.203 e. The van der Waals surface area contributed by atoms with E-state index in [0.717, 1.165) is 6.42 Å². The first-order valence-electron chi connectivity index (χ1n) is 7.40. The zero-order chi connectivity index (χ0) is 15.9. The Morgan fingerprint density at radius 2 is 1.68 bits per heavy atom. The van der Waals surface area contributed by atoms with E-state index in [2.05, 4.69) is 0 Å².